The largest absolute Gasteiger partial charge is 0.460 e. The lowest BCUT2D eigenvalue weighted by Crippen LogP contribution is -2.56. The molecule has 2 heterocycles. The molecule has 0 spiro atoms. The molecule has 1 aromatic heterocycles. The van der Waals surface area contributed by atoms with Gasteiger partial charge < -0.3 is 15.0 Å². The van der Waals surface area contributed by atoms with Crippen LogP contribution in [-0.2, 0) is 27.4 Å². The monoisotopic (exact) mass is 680 g/mol. The fourth-order valence-electron chi connectivity index (χ4n) is 7.21. The van der Waals surface area contributed by atoms with Crippen LogP contribution in [-0.4, -0.2) is 45.0 Å². The van der Waals surface area contributed by atoms with Gasteiger partial charge in [-0.1, -0.05) is 62.4 Å². The molecule has 3 aromatic carbocycles. The number of likely N-dealkylation sites (tertiary alicyclic amines) is 1. The van der Waals surface area contributed by atoms with E-state index in [2.05, 4.69) is 15.5 Å². The molecule has 5 rings (SSSR count). The lowest BCUT2D eigenvalue weighted by Gasteiger charge is -2.43. The highest BCUT2D eigenvalue weighted by atomic mass is 19.1. The molecule has 0 unspecified atom stereocenters. The van der Waals surface area contributed by atoms with E-state index in [9.17, 15) is 23.6 Å². The van der Waals surface area contributed by atoms with Crippen LogP contribution in [0.1, 0.15) is 96.4 Å². The molecule has 9 nitrogen and oxygen atoms in total. The topological polar surface area (TPSA) is 121 Å². The highest BCUT2D eigenvalue weighted by Crippen LogP contribution is 2.47. The third-order valence-electron chi connectivity index (χ3n) is 10.1. The molecule has 0 radical (unpaired) electrons. The van der Waals surface area contributed by atoms with Crippen molar-refractivity contribution >= 4 is 17.8 Å². The minimum atomic E-state index is -1.02. The van der Waals surface area contributed by atoms with Crippen LogP contribution in [0.5, 0.6) is 0 Å². The second-order valence-electron chi connectivity index (χ2n) is 13.2. The van der Waals surface area contributed by atoms with Gasteiger partial charge in [-0.15, -0.1) is 0 Å². The zero-order chi connectivity index (χ0) is 36.0. The summed E-state index contributed by atoms with van der Waals surface area (Å²) in [5, 5.41) is 9.30. The Bertz CT molecular complexity index is 1910. The number of hydrogen-bond acceptors (Lipinski definition) is 6. The van der Waals surface area contributed by atoms with Crippen LogP contribution in [0.15, 0.2) is 83.7 Å². The van der Waals surface area contributed by atoms with Crippen LogP contribution in [0, 0.1) is 25.1 Å². The first-order valence-corrected chi connectivity index (χ1v) is 17.2. The van der Waals surface area contributed by atoms with Crippen molar-refractivity contribution in [3.63, 3.8) is 0 Å². The van der Waals surface area contributed by atoms with Gasteiger partial charge in [-0.25, -0.2) is 9.49 Å². The van der Waals surface area contributed by atoms with Crippen LogP contribution in [0.4, 0.5) is 4.39 Å². The summed E-state index contributed by atoms with van der Waals surface area (Å²) >= 11 is 0. The Kier molecular flexibility index (Phi) is 11.3. The summed E-state index contributed by atoms with van der Waals surface area (Å²) in [5.41, 5.74) is 3.56. The average Bonchev–Trinajstić information content (AvgIpc) is 3.56. The van der Waals surface area contributed by atoms with Crippen molar-refractivity contribution in [2.24, 2.45) is 5.41 Å². The van der Waals surface area contributed by atoms with E-state index in [0.29, 0.717) is 54.5 Å². The van der Waals surface area contributed by atoms with E-state index in [1.807, 2.05) is 51.1 Å². The highest BCUT2D eigenvalue weighted by Gasteiger charge is 2.53. The number of carbonyl (C=O) groups is 3. The van der Waals surface area contributed by atoms with E-state index >= 15 is 0 Å². The molecule has 262 valence electrons. The van der Waals surface area contributed by atoms with Gasteiger partial charge in [-0.3, -0.25) is 19.2 Å². The lowest BCUT2D eigenvalue weighted by molar-refractivity contribution is -0.164. The minimum absolute atomic E-state index is 0.110. The van der Waals surface area contributed by atoms with E-state index in [1.165, 1.54) is 12.1 Å². The Hall–Kier alpha value is -5.12. The van der Waals surface area contributed by atoms with E-state index in [-0.39, 0.29) is 24.0 Å². The molecule has 1 aliphatic rings. The number of aryl methyl sites for hydroxylation is 2. The van der Waals surface area contributed by atoms with Gasteiger partial charge in [0.05, 0.1) is 17.2 Å². The van der Waals surface area contributed by atoms with Crippen LogP contribution in [0.3, 0.4) is 0 Å². The molecule has 0 bridgehead atoms. The Balaban J connectivity index is 1.39. The molecule has 0 aliphatic carbocycles. The minimum Gasteiger partial charge on any atom is -0.460 e. The van der Waals surface area contributed by atoms with Crippen molar-refractivity contribution in [1.82, 2.24) is 20.4 Å². The fourth-order valence-corrected chi connectivity index (χ4v) is 7.21. The molecule has 2 N–H and O–H groups in total. The molecule has 3 atom stereocenters. The molecular weight excluding hydrogens is 635 g/mol. The SMILES string of the molecule is CCC(CC)(C(=O)OCc1ccccc1)[C@H]1CC[C@@H](c2cccc(F)c2)N1C(=O)[C@@H](C)NC(=O)c1ccc(Cc2cc(C)n[nH]c2=O)c(C)c1. The van der Waals surface area contributed by atoms with Crippen molar-refractivity contribution in [1.29, 1.82) is 0 Å². The van der Waals surface area contributed by atoms with Gasteiger partial charge in [0, 0.05) is 23.6 Å². The summed E-state index contributed by atoms with van der Waals surface area (Å²) in [4.78, 5) is 56.0. The summed E-state index contributed by atoms with van der Waals surface area (Å²) in [5.74, 6) is -1.60. The van der Waals surface area contributed by atoms with Gasteiger partial charge in [0.2, 0.25) is 5.91 Å². The quantitative estimate of drug-likeness (QED) is 0.165. The summed E-state index contributed by atoms with van der Waals surface area (Å²) < 4.78 is 20.4. The summed E-state index contributed by atoms with van der Waals surface area (Å²) in [6.45, 7) is 9.26. The first-order valence-electron chi connectivity index (χ1n) is 17.2. The lowest BCUT2D eigenvalue weighted by atomic mass is 9.74. The second-order valence-corrected chi connectivity index (χ2v) is 13.2. The number of esters is 1. The van der Waals surface area contributed by atoms with Gasteiger partial charge in [0.15, 0.2) is 0 Å². The first-order chi connectivity index (χ1) is 24.0. The third-order valence-corrected chi connectivity index (χ3v) is 10.1. The Morgan fingerprint density at radius 1 is 0.980 bits per heavy atom. The van der Waals surface area contributed by atoms with Crippen molar-refractivity contribution in [2.75, 3.05) is 0 Å². The van der Waals surface area contributed by atoms with Gasteiger partial charge in [0.1, 0.15) is 18.5 Å². The van der Waals surface area contributed by atoms with Gasteiger partial charge in [-0.05, 0) is 99.0 Å². The van der Waals surface area contributed by atoms with Gasteiger partial charge in [-0.2, -0.15) is 5.10 Å². The molecule has 50 heavy (non-hydrogen) atoms. The van der Waals surface area contributed by atoms with E-state index in [1.54, 1.807) is 55.1 Å². The molecule has 1 fully saturated rings. The number of nitrogens with zero attached hydrogens (tertiary/aromatic N) is 2. The van der Waals surface area contributed by atoms with Crippen LogP contribution in [0.25, 0.3) is 0 Å². The number of aromatic amines is 1. The van der Waals surface area contributed by atoms with Crippen LogP contribution < -0.4 is 10.9 Å². The number of benzene rings is 3. The summed E-state index contributed by atoms with van der Waals surface area (Å²) in [6.07, 6.45) is 2.27. The maximum atomic E-state index is 14.5. The van der Waals surface area contributed by atoms with Crippen molar-refractivity contribution < 1.29 is 23.5 Å². The predicted octanol–water partition coefficient (Wildman–Crippen LogP) is 6.52. The number of nitrogens with one attached hydrogen (secondary N) is 2. The number of ether oxygens (including phenoxy) is 1. The standard InChI is InChI=1S/C40H45FN4O5/c1-6-40(7-2,39(49)50-24-28-12-9-8-10-13-28)35-19-18-34(30-14-11-15-33(41)23-30)45(35)38(48)27(5)42-36(46)31-17-16-29(25(3)20-31)22-32-21-26(4)43-44-37(32)47/h8-17,20-21,23,27,34-35H,6-7,18-19,22,24H2,1-5H3,(H,42,46)(H,44,47)/t27-,34+,35-/m1/s1. The van der Waals surface area contributed by atoms with Crippen molar-refractivity contribution in [2.45, 2.75) is 91.5 Å². The number of H-pyrrole nitrogens is 1. The zero-order valence-corrected chi connectivity index (χ0v) is 29.3. The highest BCUT2D eigenvalue weighted by molar-refractivity contribution is 5.98. The Morgan fingerprint density at radius 2 is 1.72 bits per heavy atom. The Labute approximate surface area is 292 Å². The van der Waals surface area contributed by atoms with Gasteiger partial charge >= 0.3 is 5.97 Å². The molecular formula is C40H45FN4O5. The summed E-state index contributed by atoms with van der Waals surface area (Å²) in [6, 6.07) is 20.6. The predicted molar refractivity (Wildman–Crippen MR) is 189 cm³/mol. The van der Waals surface area contributed by atoms with Crippen molar-refractivity contribution in [3.8, 4) is 0 Å². The maximum absolute atomic E-state index is 14.5. The molecule has 4 aromatic rings. The molecule has 1 aliphatic heterocycles. The maximum Gasteiger partial charge on any atom is 0.314 e. The number of amides is 2. The average molecular weight is 681 g/mol. The van der Waals surface area contributed by atoms with Crippen molar-refractivity contribution in [3.05, 3.63) is 134 Å². The van der Waals surface area contributed by atoms with E-state index < -0.39 is 35.3 Å². The Morgan fingerprint density at radius 3 is 2.40 bits per heavy atom. The number of hydrogen-bond donors (Lipinski definition) is 2. The molecule has 0 saturated carbocycles. The number of aromatic nitrogens is 2. The third kappa shape index (κ3) is 7.69. The van der Waals surface area contributed by atoms with E-state index in [0.717, 1.165) is 16.7 Å². The van der Waals surface area contributed by atoms with Crippen LogP contribution >= 0.6 is 0 Å². The number of carbonyl (C=O) groups excluding carboxylic acids is 3. The smallest absolute Gasteiger partial charge is 0.314 e. The summed E-state index contributed by atoms with van der Waals surface area (Å²) in [7, 11) is 0. The molecule has 10 heteroatoms. The van der Waals surface area contributed by atoms with Crippen LogP contribution in [0.2, 0.25) is 0 Å². The first kappa shape index (κ1) is 36.2. The number of rotatable bonds is 12. The molecule has 2 amide bonds. The normalized spacial score (nSPS) is 16.6. The molecule has 1 saturated heterocycles. The second kappa shape index (κ2) is 15.6. The number of halogens is 1. The van der Waals surface area contributed by atoms with Gasteiger partial charge in [0.25, 0.3) is 11.5 Å². The fraction of sp³-hybridized carbons (Fsp3) is 0.375. The zero-order valence-electron chi connectivity index (χ0n) is 29.3. The van der Waals surface area contributed by atoms with E-state index in [4.69, 9.17) is 4.74 Å².